The second-order valence-electron chi connectivity index (χ2n) is 6.16. The predicted molar refractivity (Wildman–Crippen MR) is 86.2 cm³/mol. The van der Waals surface area contributed by atoms with Gasteiger partial charge in [0.1, 0.15) is 0 Å². The van der Waals surface area contributed by atoms with Crippen LogP contribution in [0.1, 0.15) is 40.2 Å². The van der Waals surface area contributed by atoms with Gasteiger partial charge < -0.3 is 5.32 Å². The maximum atomic E-state index is 12.4. The van der Waals surface area contributed by atoms with Crippen LogP contribution in [0.3, 0.4) is 0 Å². The minimum atomic E-state index is -3.53. The van der Waals surface area contributed by atoms with Crippen LogP contribution in [0, 0.1) is 0 Å². The largest absolute Gasteiger partial charge is 0.310 e. The molecule has 0 aliphatic rings. The Morgan fingerprint density at radius 1 is 1.25 bits per heavy atom. The lowest BCUT2D eigenvalue weighted by atomic mass is 10.1. The Hall–Kier alpha value is -0.430. The van der Waals surface area contributed by atoms with Crippen molar-refractivity contribution >= 4 is 26.0 Å². The Labute approximate surface area is 130 Å². The van der Waals surface area contributed by atoms with Crippen LogP contribution in [0.15, 0.2) is 27.6 Å². The summed E-state index contributed by atoms with van der Waals surface area (Å²) in [4.78, 5) is 0.274. The van der Waals surface area contributed by atoms with E-state index in [1.54, 1.807) is 12.1 Å². The molecular weight excluding hydrogens is 340 g/mol. The molecule has 4 nitrogen and oxygen atoms in total. The van der Waals surface area contributed by atoms with Gasteiger partial charge in [0, 0.05) is 22.6 Å². The van der Waals surface area contributed by atoms with Crippen molar-refractivity contribution in [3.05, 3.63) is 28.2 Å². The summed E-state index contributed by atoms with van der Waals surface area (Å²) >= 11 is 3.31. The minimum absolute atomic E-state index is 0.274. The summed E-state index contributed by atoms with van der Waals surface area (Å²) in [5, 5.41) is 3.28. The molecule has 0 radical (unpaired) electrons. The van der Waals surface area contributed by atoms with Crippen molar-refractivity contribution in [2.45, 2.75) is 57.6 Å². The SMILES string of the molecule is CC(C)NCc1ccc(Br)c(S(=O)(=O)NC(C)(C)C)c1. The van der Waals surface area contributed by atoms with Crippen molar-refractivity contribution < 1.29 is 8.42 Å². The zero-order valence-corrected chi connectivity index (χ0v) is 15.0. The van der Waals surface area contributed by atoms with Crippen LogP contribution in [0.2, 0.25) is 0 Å². The number of benzene rings is 1. The Kier molecular flexibility index (Phi) is 5.78. The van der Waals surface area contributed by atoms with Crippen molar-refractivity contribution in [3.63, 3.8) is 0 Å². The van der Waals surface area contributed by atoms with E-state index in [0.29, 0.717) is 17.1 Å². The smallest absolute Gasteiger partial charge is 0.242 e. The molecule has 114 valence electrons. The maximum absolute atomic E-state index is 12.4. The normalized spacial score (nSPS) is 12.9. The van der Waals surface area contributed by atoms with Crippen LogP contribution in [0.5, 0.6) is 0 Å². The van der Waals surface area contributed by atoms with E-state index in [-0.39, 0.29) is 4.90 Å². The highest BCUT2D eigenvalue weighted by atomic mass is 79.9. The molecule has 1 aromatic carbocycles. The van der Waals surface area contributed by atoms with Gasteiger partial charge in [-0.05, 0) is 54.4 Å². The van der Waals surface area contributed by atoms with Crippen LogP contribution in [-0.4, -0.2) is 20.0 Å². The molecule has 0 aliphatic carbocycles. The first kappa shape index (κ1) is 17.6. The third-order valence-electron chi connectivity index (χ3n) is 2.44. The van der Waals surface area contributed by atoms with E-state index in [4.69, 9.17) is 0 Å². The molecule has 0 bridgehead atoms. The summed E-state index contributed by atoms with van der Waals surface area (Å²) in [6.07, 6.45) is 0. The quantitative estimate of drug-likeness (QED) is 0.846. The van der Waals surface area contributed by atoms with Gasteiger partial charge in [0.25, 0.3) is 0 Å². The van der Waals surface area contributed by atoms with E-state index in [9.17, 15) is 8.42 Å². The highest BCUT2D eigenvalue weighted by molar-refractivity contribution is 9.10. The van der Waals surface area contributed by atoms with Crippen LogP contribution in [-0.2, 0) is 16.6 Å². The van der Waals surface area contributed by atoms with E-state index in [1.807, 2.05) is 26.8 Å². The molecular formula is C14H23BrN2O2S. The lowest BCUT2D eigenvalue weighted by Crippen LogP contribution is -2.40. The molecule has 1 aromatic rings. The number of halogens is 1. The first-order valence-corrected chi connectivity index (χ1v) is 8.85. The molecule has 0 saturated heterocycles. The standard InChI is InChI=1S/C14H23BrN2O2S/c1-10(2)16-9-11-6-7-12(15)13(8-11)20(18,19)17-14(3,4)5/h6-8,10,16-17H,9H2,1-5H3. The Morgan fingerprint density at radius 2 is 1.85 bits per heavy atom. The molecule has 0 aromatic heterocycles. The van der Waals surface area contributed by atoms with E-state index >= 15 is 0 Å². The number of sulfonamides is 1. The fraction of sp³-hybridized carbons (Fsp3) is 0.571. The van der Waals surface area contributed by atoms with Gasteiger partial charge in [-0.3, -0.25) is 0 Å². The molecule has 20 heavy (non-hydrogen) atoms. The summed E-state index contributed by atoms with van der Waals surface area (Å²) in [7, 11) is -3.53. The monoisotopic (exact) mass is 362 g/mol. The van der Waals surface area contributed by atoms with E-state index in [1.165, 1.54) is 0 Å². The zero-order valence-electron chi connectivity index (χ0n) is 12.6. The van der Waals surface area contributed by atoms with Gasteiger partial charge >= 0.3 is 0 Å². The molecule has 2 N–H and O–H groups in total. The summed E-state index contributed by atoms with van der Waals surface area (Å²) < 4.78 is 28.0. The number of nitrogens with one attached hydrogen (secondary N) is 2. The van der Waals surface area contributed by atoms with Crippen molar-refractivity contribution in [1.82, 2.24) is 10.0 Å². The van der Waals surface area contributed by atoms with Crippen molar-refractivity contribution in [1.29, 1.82) is 0 Å². The Morgan fingerprint density at radius 3 is 2.35 bits per heavy atom. The van der Waals surface area contributed by atoms with E-state index < -0.39 is 15.6 Å². The van der Waals surface area contributed by atoms with Gasteiger partial charge in [-0.25, -0.2) is 13.1 Å². The van der Waals surface area contributed by atoms with Gasteiger partial charge in [0.2, 0.25) is 10.0 Å². The highest BCUT2D eigenvalue weighted by Gasteiger charge is 2.24. The molecule has 0 atom stereocenters. The minimum Gasteiger partial charge on any atom is -0.310 e. The second-order valence-corrected chi connectivity index (χ2v) is 8.66. The third kappa shape index (κ3) is 5.52. The number of rotatable bonds is 5. The van der Waals surface area contributed by atoms with Crippen molar-refractivity contribution in [3.8, 4) is 0 Å². The summed E-state index contributed by atoms with van der Waals surface area (Å²) in [6.45, 7) is 10.2. The zero-order chi connectivity index (χ0) is 15.6. The lowest BCUT2D eigenvalue weighted by molar-refractivity contribution is 0.491. The molecule has 1 rings (SSSR count). The highest BCUT2D eigenvalue weighted by Crippen LogP contribution is 2.24. The molecule has 6 heteroatoms. The third-order valence-corrected chi connectivity index (χ3v) is 5.19. The van der Waals surface area contributed by atoms with E-state index in [2.05, 4.69) is 39.8 Å². The summed E-state index contributed by atoms with van der Waals surface area (Å²) in [5.41, 5.74) is 0.431. The number of hydrogen-bond donors (Lipinski definition) is 2. The maximum Gasteiger partial charge on any atom is 0.242 e. The molecule has 0 amide bonds. The molecule has 0 heterocycles. The van der Waals surface area contributed by atoms with Crippen molar-refractivity contribution in [2.24, 2.45) is 0 Å². The summed E-state index contributed by atoms with van der Waals surface area (Å²) in [6, 6.07) is 5.74. The van der Waals surface area contributed by atoms with Gasteiger partial charge in [-0.15, -0.1) is 0 Å². The number of hydrogen-bond acceptors (Lipinski definition) is 3. The fourth-order valence-electron chi connectivity index (χ4n) is 1.64. The summed E-state index contributed by atoms with van der Waals surface area (Å²) in [5.74, 6) is 0. The first-order chi connectivity index (χ1) is 9.01. The van der Waals surface area contributed by atoms with Crippen LogP contribution in [0.25, 0.3) is 0 Å². The van der Waals surface area contributed by atoms with Gasteiger partial charge in [0.15, 0.2) is 0 Å². The second kappa shape index (κ2) is 6.56. The average molecular weight is 363 g/mol. The van der Waals surface area contributed by atoms with E-state index in [0.717, 1.165) is 5.56 Å². The van der Waals surface area contributed by atoms with Gasteiger partial charge in [-0.1, -0.05) is 19.9 Å². The predicted octanol–water partition coefficient (Wildman–Crippen LogP) is 3.02. The Bertz CT molecular complexity index is 563. The fourth-order valence-corrected chi connectivity index (χ4v) is 4.08. The Balaban J connectivity index is 3.08. The van der Waals surface area contributed by atoms with Crippen LogP contribution >= 0.6 is 15.9 Å². The topological polar surface area (TPSA) is 58.2 Å². The van der Waals surface area contributed by atoms with Crippen LogP contribution < -0.4 is 10.0 Å². The van der Waals surface area contributed by atoms with Gasteiger partial charge in [0.05, 0.1) is 4.90 Å². The van der Waals surface area contributed by atoms with Crippen LogP contribution in [0.4, 0.5) is 0 Å². The molecule has 0 unspecified atom stereocenters. The molecule has 0 fully saturated rings. The molecule has 0 spiro atoms. The first-order valence-electron chi connectivity index (χ1n) is 6.57. The van der Waals surface area contributed by atoms with Gasteiger partial charge in [-0.2, -0.15) is 0 Å². The molecule has 0 saturated carbocycles. The average Bonchev–Trinajstić information content (AvgIpc) is 2.24. The van der Waals surface area contributed by atoms with Crippen molar-refractivity contribution in [2.75, 3.05) is 0 Å². The molecule has 0 aliphatic heterocycles. The lowest BCUT2D eigenvalue weighted by Gasteiger charge is -2.21.